The predicted molar refractivity (Wildman–Crippen MR) is 131 cm³/mol. The minimum Gasteiger partial charge on any atom is -0.282 e. The van der Waals surface area contributed by atoms with E-state index in [9.17, 15) is 4.79 Å². The first-order valence-corrected chi connectivity index (χ1v) is 12.1. The summed E-state index contributed by atoms with van der Waals surface area (Å²) < 4.78 is 1.10. The van der Waals surface area contributed by atoms with Crippen molar-refractivity contribution in [2.24, 2.45) is 0 Å². The third-order valence-corrected chi connectivity index (χ3v) is 7.10. The quantitative estimate of drug-likeness (QED) is 0.317. The highest BCUT2D eigenvalue weighted by Crippen LogP contribution is 2.32. The Hall–Kier alpha value is -2.70. The van der Waals surface area contributed by atoms with Gasteiger partial charge in [0, 0.05) is 11.1 Å². The number of thioether (sulfide) groups is 1. The lowest BCUT2D eigenvalue weighted by atomic mass is 10.1. The van der Waals surface area contributed by atoms with Gasteiger partial charge in [0.2, 0.25) is 5.91 Å². The van der Waals surface area contributed by atoms with Crippen molar-refractivity contribution < 1.29 is 4.79 Å². The Bertz CT molecular complexity index is 1150. The largest absolute Gasteiger partial charge is 0.282 e. The molecule has 0 fully saturated rings. The second kappa shape index (κ2) is 9.62. The van der Waals surface area contributed by atoms with E-state index in [4.69, 9.17) is 4.98 Å². The van der Waals surface area contributed by atoms with Crippen LogP contribution in [0, 0.1) is 13.8 Å². The summed E-state index contributed by atoms with van der Waals surface area (Å²) in [5.74, 6) is 1.06. The van der Waals surface area contributed by atoms with Gasteiger partial charge in [0.15, 0.2) is 5.13 Å². The summed E-state index contributed by atoms with van der Waals surface area (Å²) in [6.45, 7) is 6.73. The van der Waals surface area contributed by atoms with Crippen molar-refractivity contribution in [2.75, 3.05) is 10.7 Å². The molecule has 0 N–H and O–H groups in total. The summed E-state index contributed by atoms with van der Waals surface area (Å²) in [4.78, 5) is 25.6. The van der Waals surface area contributed by atoms with E-state index in [1.54, 1.807) is 34.2 Å². The van der Waals surface area contributed by atoms with Gasteiger partial charge in [-0.15, -0.1) is 11.8 Å². The monoisotopic (exact) mass is 447 g/mol. The summed E-state index contributed by atoms with van der Waals surface area (Å²) in [6.07, 6.45) is 2.09. The van der Waals surface area contributed by atoms with Gasteiger partial charge in [-0.3, -0.25) is 14.7 Å². The molecule has 4 rings (SSSR count). The maximum absolute atomic E-state index is 13.4. The second-order valence-electron chi connectivity index (χ2n) is 7.46. The minimum absolute atomic E-state index is 0.0223. The van der Waals surface area contributed by atoms with Gasteiger partial charge in [0.25, 0.3) is 0 Å². The van der Waals surface area contributed by atoms with Crippen LogP contribution in [0.25, 0.3) is 10.2 Å². The number of hydrogen-bond donors (Lipinski definition) is 0. The van der Waals surface area contributed by atoms with Crippen LogP contribution in [0.15, 0.2) is 65.7 Å². The fourth-order valence-electron chi connectivity index (χ4n) is 3.34. The zero-order valence-corrected chi connectivity index (χ0v) is 19.6. The van der Waals surface area contributed by atoms with Gasteiger partial charge < -0.3 is 0 Å². The zero-order valence-electron chi connectivity index (χ0n) is 18.0. The highest BCUT2D eigenvalue weighted by Gasteiger charge is 2.21. The first-order valence-electron chi connectivity index (χ1n) is 10.3. The second-order valence-corrected chi connectivity index (χ2v) is 9.80. The van der Waals surface area contributed by atoms with Gasteiger partial charge in [0.1, 0.15) is 0 Å². The van der Waals surface area contributed by atoms with Crippen molar-refractivity contribution in [3.63, 3.8) is 0 Å². The van der Waals surface area contributed by atoms with Crippen molar-refractivity contribution in [1.29, 1.82) is 0 Å². The van der Waals surface area contributed by atoms with E-state index in [2.05, 4.69) is 50.0 Å². The molecule has 158 valence electrons. The first kappa shape index (κ1) is 21.5. The number of carbonyl (C=O) groups excluding carboxylic acids is 1. The summed E-state index contributed by atoms with van der Waals surface area (Å²) >= 11 is 3.36. The Morgan fingerprint density at radius 2 is 1.84 bits per heavy atom. The van der Waals surface area contributed by atoms with Gasteiger partial charge in [-0.1, -0.05) is 36.5 Å². The Balaban J connectivity index is 1.64. The molecule has 2 aromatic carbocycles. The molecule has 0 aliphatic carbocycles. The van der Waals surface area contributed by atoms with Crippen LogP contribution in [-0.2, 0) is 17.8 Å². The topological polar surface area (TPSA) is 46.1 Å². The Labute approximate surface area is 191 Å². The SMILES string of the molecule is CCSc1ccc(CC(=O)N(Cc2ccccn2)c2nc3cc(C)c(C)cc3s2)cc1. The number of nitrogens with zero attached hydrogens (tertiary/aromatic N) is 3. The van der Waals surface area contributed by atoms with Crippen molar-refractivity contribution in [3.8, 4) is 0 Å². The van der Waals surface area contributed by atoms with E-state index in [1.807, 2.05) is 30.3 Å². The molecule has 0 aliphatic rings. The number of aryl methyl sites for hydroxylation is 2. The molecule has 0 unspecified atom stereocenters. The molecule has 0 saturated carbocycles. The predicted octanol–water partition coefficient (Wildman–Crippen LogP) is 6.20. The van der Waals surface area contributed by atoms with E-state index in [-0.39, 0.29) is 5.91 Å². The Morgan fingerprint density at radius 1 is 1.06 bits per heavy atom. The van der Waals surface area contributed by atoms with E-state index in [0.29, 0.717) is 18.1 Å². The molecule has 4 nitrogen and oxygen atoms in total. The number of fused-ring (bicyclic) bond motifs is 1. The van der Waals surface area contributed by atoms with Crippen LogP contribution in [-0.4, -0.2) is 21.6 Å². The lowest BCUT2D eigenvalue weighted by molar-refractivity contribution is -0.118. The molecule has 2 aromatic heterocycles. The fraction of sp³-hybridized carbons (Fsp3) is 0.240. The molecule has 1 amide bonds. The fourth-order valence-corrected chi connectivity index (χ4v) is 5.06. The molecule has 0 aliphatic heterocycles. The molecular weight excluding hydrogens is 422 g/mol. The van der Waals surface area contributed by atoms with Crippen molar-refractivity contribution in [3.05, 3.63) is 83.2 Å². The highest BCUT2D eigenvalue weighted by atomic mass is 32.2. The van der Waals surface area contributed by atoms with E-state index in [1.165, 1.54) is 16.0 Å². The van der Waals surface area contributed by atoms with Crippen LogP contribution in [0.3, 0.4) is 0 Å². The number of pyridine rings is 1. The molecular formula is C25H25N3OS2. The lowest BCUT2D eigenvalue weighted by Gasteiger charge is -2.19. The van der Waals surface area contributed by atoms with Gasteiger partial charge in [-0.2, -0.15) is 0 Å². The maximum atomic E-state index is 13.4. The Morgan fingerprint density at radius 3 is 2.55 bits per heavy atom. The average molecular weight is 448 g/mol. The number of aromatic nitrogens is 2. The number of carbonyl (C=O) groups is 1. The van der Waals surface area contributed by atoms with Crippen LogP contribution in [0.5, 0.6) is 0 Å². The molecule has 2 heterocycles. The number of rotatable bonds is 7. The number of benzene rings is 2. The number of thiazole rings is 1. The van der Waals surface area contributed by atoms with Crippen LogP contribution in [0.4, 0.5) is 5.13 Å². The number of anilines is 1. The average Bonchev–Trinajstić information content (AvgIpc) is 3.17. The van der Waals surface area contributed by atoms with E-state index < -0.39 is 0 Å². The van der Waals surface area contributed by atoms with Gasteiger partial charge >= 0.3 is 0 Å². The normalized spacial score (nSPS) is 11.1. The molecule has 4 aromatic rings. The Kier molecular flexibility index (Phi) is 6.68. The summed E-state index contributed by atoms with van der Waals surface area (Å²) in [5.41, 5.74) is 5.22. The minimum atomic E-state index is 0.0223. The van der Waals surface area contributed by atoms with Crippen LogP contribution >= 0.6 is 23.1 Å². The third-order valence-electron chi connectivity index (χ3n) is 5.16. The van der Waals surface area contributed by atoms with Gasteiger partial charge in [-0.25, -0.2) is 4.98 Å². The van der Waals surface area contributed by atoms with Crippen LogP contribution in [0.2, 0.25) is 0 Å². The maximum Gasteiger partial charge on any atom is 0.233 e. The summed E-state index contributed by atoms with van der Waals surface area (Å²) in [7, 11) is 0. The molecule has 6 heteroatoms. The third kappa shape index (κ3) is 5.14. The van der Waals surface area contributed by atoms with Crippen molar-refractivity contribution >= 4 is 44.4 Å². The molecule has 31 heavy (non-hydrogen) atoms. The van der Waals surface area contributed by atoms with Crippen LogP contribution < -0.4 is 4.90 Å². The van der Waals surface area contributed by atoms with E-state index >= 15 is 0 Å². The van der Waals surface area contributed by atoms with Gasteiger partial charge in [-0.05, 0) is 72.7 Å². The zero-order chi connectivity index (χ0) is 21.8. The molecule has 0 radical (unpaired) electrons. The standard InChI is InChI=1S/C25H25N3OS2/c1-4-30-21-10-8-19(9-11-21)15-24(29)28(16-20-7-5-6-12-26-20)25-27-22-13-17(2)18(3)14-23(22)31-25/h5-14H,4,15-16H2,1-3H3. The lowest BCUT2D eigenvalue weighted by Crippen LogP contribution is -2.32. The highest BCUT2D eigenvalue weighted by molar-refractivity contribution is 7.99. The summed E-state index contributed by atoms with van der Waals surface area (Å²) in [5, 5.41) is 0.716. The van der Waals surface area contributed by atoms with Crippen LogP contribution in [0.1, 0.15) is 29.3 Å². The van der Waals surface area contributed by atoms with Gasteiger partial charge in [0.05, 0.1) is 28.9 Å². The molecule has 0 spiro atoms. The molecule has 0 atom stereocenters. The summed E-state index contributed by atoms with van der Waals surface area (Å²) in [6, 6.07) is 18.3. The van der Waals surface area contributed by atoms with Crippen molar-refractivity contribution in [2.45, 2.75) is 38.6 Å². The first-order chi connectivity index (χ1) is 15.0. The number of hydrogen-bond acceptors (Lipinski definition) is 5. The smallest absolute Gasteiger partial charge is 0.233 e. The van der Waals surface area contributed by atoms with Crippen molar-refractivity contribution in [1.82, 2.24) is 9.97 Å². The van der Waals surface area contributed by atoms with E-state index in [0.717, 1.165) is 27.2 Å². The number of amides is 1. The molecule has 0 bridgehead atoms. The molecule has 0 saturated heterocycles.